The second-order valence-corrected chi connectivity index (χ2v) is 4.94. The lowest BCUT2D eigenvalue weighted by Crippen LogP contribution is -2.35. The molecule has 1 aromatic heterocycles. The Morgan fingerprint density at radius 1 is 1.38 bits per heavy atom. The predicted octanol–water partition coefficient (Wildman–Crippen LogP) is 2.07. The number of rotatable bonds is 7. The van der Waals surface area contributed by atoms with Gasteiger partial charge in [-0.1, -0.05) is 31.8 Å². The quantitative estimate of drug-likeness (QED) is 0.348. The second kappa shape index (κ2) is 8.24. The van der Waals surface area contributed by atoms with E-state index in [0.29, 0.717) is 23.7 Å². The van der Waals surface area contributed by atoms with E-state index in [9.17, 15) is 4.79 Å². The topological polar surface area (TPSA) is 91.8 Å². The van der Waals surface area contributed by atoms with Gasteiger partial charge in [0, 0.05) is 24.8 Å². The van der Waals surface area contributed by atoms with Crippen molar-refractivity contribution in [2.24, 2.45) is 16.8 Å². The van der Waals surface area contributed by atoms with Crippen LogP contribution in [-0.4, -0.2) is 39.9 Å². The summed E-state index contributed by atoms with van der Waals surface area (Å²) in [7, 11) is 0. The van der Waals surface area contributed by atoms with Crippen molar-refractivity contribution in [3.8, 4) is 0 Å². The summed E-state index contributed by atoms with van der Waals surface area (Å²) < 4.78 is 0. The Balaban J connectivity index is 2.85. The fourth-order valence-electron chi connectivity index (χ4n) is 2.11. The Hall–Kier alpha value is -2.11. The Labute approximate surface area is 125 Å². The van der Waals surface area contributed by atoms with Gasteiger partial charge in [-0.05, 0) is 25.0 Å². The number of oxime groups is 1. The molecule has 1 heterocycles. The molecule has 1 amide bonds. The molecule has 0 unspecified atom stereocenters. The van der Waals surface area contributed by atoms with E-state index < -0.39 is 0 Å². The van der Waals surface area contributed by atoms with Gasteiger partial charge in [-0.15, -0.1) is 0 Å². The van der Waals surface area contributed by atoms with Crippen molar-refractivity contribution >= 4 is 11.7 Å². The summed E-state index contributed by atoms with van der Waals surface area (Å²) in [6.07, 6.45) is 3.54. The molecule has 6 nitrogen and oxygen atoms in total. The number of amidine groups is 1. The van der Waals surface area contributed by atoms with Crippen molar-refractivity contribution in [3.05, 3.63) is 29.6 Å². The molecule has 21 heavy (non-hydrogen) atoms. The number of pyridine rings is 1. The zero-order chi connectivity index (χ0) is 15.8. The summed E-state index contributed by atoms with van der Waals surface area (Å²) in [4.78, 5) is 18.4. The van der Waals surface area contributed by atoms with E-state index in [1.165, 1.54) is 6.20 Å². The van der Waals surface area contributed by atoms with Crippen LogP contribution < -0.4 is 5.73 Å². The first-order valence-corrected chi connectivity index (χ1v) is 7.30. The molecule has 0 saturated carbocycles. The van der Waals surface area contributed by atoms with Gasteiger partial charge in [-0.3, -0.25) is 9.78 Å². The summed E-state index contributed by atoms with van der Waals surface area (Å²) in [5.74, 6) is 0.395. The number of aromatic nitrogens is 1. The molecule has 0 atom stereocenters. The van der Waals surface area contributed by atoms with Crippen LogP contribution in [0.4, 0.5) is 0 Å². The highest BCUT2D eigenvalue weighted by Gasteiger charge is 2.18. The van der Waals surface area contributed by atoms with Crippen molar-refractivity contribution in [2.75, 3.05) is 13.1 Å². The van der Waals surface area contributed by atoms with E-state index in [-0.39, 0.29) is 11.7 Å². The highest BCUT2D eigenvalue weighted by Crippen LogP contribution is 2.12. The summed E-state index contributed by atoms with van der Waals surface area (Å²) in [6, 6.07) is 3.23. The number of hydrogen-bond donors (Lipinski definition) is 2. The third-order valence-electron chi connectivity index (χ3n) is 3.69. The zero-order valence-electron chi connectivity index (χ0n) is 12.9. The fourth-order valence-corrected chi connectivity index (χ4v) is 2.11. The molecule has 0 aliphatic rings. The van der Waals surface area contributed by atoms with Gasteiger partial charge < -0.3 is 15.8 Å². The summed E-state index contributed by atoms with van der Waals surface area (Å²) in [5.41, 5.74) is 6.33. The molecule has 0 aromatic carbocycles. The van der Waals surface area contributed by atoms with Gasteiger partial charge in [-0.2, -0.15) is 0 Å². The molecule has 0 radical (unpaired) electrons. The molecule has 0 bridgehead atoms. The van der Waals surface area contributed by atoms with Crippen LogP contribution >= 0.6 is 0 Å². The number of carbonyl (C=O) groups excluding carboxylic acids is 1. The largest absolute Gasteiger partial charge is 0.409 e. The maximum Gasteiger partial charge on any atom is 0.272 e. The SMILES string of the molecule is CCC(CC)CN(CC)C(=O)c1ccc(C(N)=NO)cn1. The molecule has 3 N–H and O–H groups in total. The minimum absolute atomic E-state index is 0.0223. The monoisotopic (exact) mass is 292 g/mol. The van der Waals surface area contributed by atoms with Crippen LogP contribution in [0.2, 0.25) is 0 Å². The molecule has 0 aliphatic carbocycles. The number of nitrogens with two attached hydrogens (primary N) is 1. The van der Waals surface area contributed by atoms with E-state index in [0.717, 1.165) is 19.4 Å². The molecule has 1 aromatic rings. The number of hydrogen-bond acceptors (Lipinski definition) is 4. The van der Waals surface area contributed by atoms with Gasteiger partial charge in [0.1, 0.15) is 5.69 Å². The average Bonchev–Trinajstić information content (AvgIpc) is 2.55. The lowest BCUT2D eigenvalue weighted by molar-refractivity contribution is 0.0729. The summed E-state index contributed by atoms with van der Waals surface area (Å²) in [5, 5.41) is 11.5. The van der Waals surface area contributed by atoms with Crippen LogP contribution in [0.1, 0.15) is 49.7 Å². The van der Waals surface area contributed by atoms with Gasteiger partial charge in [0.05, 0.1) is 0 Å². The molecule has 116 valence electrons. The molecule has 1 rings (SSSR count). The van der Waals surface area contributed by atoms with E-state index in [4.69, 9.17) is 10.9 Å². The highest BCUT2D eigenvalue weighted by molar-refractivity contribution is 5.98. The molecule has 0 spiro atoms. The molecular weight excluding hydrogens is 268 g/mol. The number of amides is 1. The first-order chi connectivity index (χ1) is 10.1. The first-order valence-electron chi connectivity index (χ1n) is 7.30. The Morgan fingerprint density at radius 3 is 2.48 bits per heavy atom. The minimum atomic E-state index is -0.0875. The van der Waals surface area contributed by atoms with E-state index in [1.54, 1.807) is 12.1 Å². The molecule has 0 aliphatic heterocycles. The van der Waals surface area contributed by atoms with Crippen molar-refractivity contribution in [2.45, 2.75) is 33.6 Å². The van der Waals surface area contributed by atoms with Crippen LogP contribution in [0.3, 0.4) is 0 Å². The van der Waals surface area contributed by atoms with Crippen LogP contribution in [0, 0.1) is 5.92 Å². The van der Waals surface area contributed by atoms with E-state index in [2.05, 4.69) is 24.0 Å². The van der Waals surface area contributed by atoms with E-state index in [1.807, 2.05) is 11.8 Å². The standard InChI is InChI=1S/C15H24N4O2/c1-4-11(5-2)10-19(6-3)15(20)13-8-7-12(9-17-13)14(16)18-21/h7-9,11,21H,4-6,10H2,1-3H3,(H2,16,18). The van der Waals surface area contributed by atoms with Gasteiger partial charge in [-0.25, -0.2) is 0 Å². The molecular formula is C15H24N4O2. The van der Waals surface area contributed by atoms with Crippen LogP contribution in [0.5, 0.6) is 0 Å². The summed E-state index contributed by atoms with van der Waals surface area (Å²) >= 11 is 0. The minimum Gasteiger partial charge on any atom is -0.409 e. The van der Waals surface area contributed by atoms with Crippen molar-refractivity contribution in [1.29, 1.82) is 0 Å². The van der Waals surface area contributed by atoms with Gasteiger partial charge in [0.2, 0.25) is 0 Å². The van der Waals surface area contributed by atoms with Crippen molar-refractivity contribution < 1.29 is 10.0 Å². The Kier molecular flexibility index (Phi) is 6.65. The average molecular weight is 292 g/mol. The number of carbonyl (C=O) groups is 1. The van der Waals surface area contributed by atoms with Crippen LogP contribution in [-0.2, 0) is 0 Å². The third kappa shape index (κ3) is 4.44. The van der Waals surface area contributed by atoms with Crippen molar-refractivity contribution in [1.82, 2.24) is 9.88 Å². The van der Waals surface area contributed by atoms with Crippen molar-refractivity contribution in [3.63, 3.8) is 0 Å². The molecule has 0 saturated heterocycles. The first kappa shape index (κ1) is 16.9. The summed E-state index contributed by atoms with van der Waals surface area (Å²) in [6.45, 7) is 7.63. The van der Waals surface area contributed by atoms with Gasteiger partial charge in [0.25, 0.3) is 5.91 Å². The fraction of sp³-hybridized carbons (Fsp3) is 0.533. The zero-order valence-corrected chi connectivity index (χ0v) is 12.9. The Bertz CT molecular complexity index is 481. The van der Waals surface area contributed by atoms with Crippen LogP contribution in [0.25, 0.3) is 0 Å². The predicted molar refractivity (Wildman–Crippen MR) is 82.4 cm³/mol. The highest BCUT2D eigenvalue weighted by atomic mass is 16.4. The normalized spacial score (nSPS) is 11.7. The second-order valence-electron chi connectivity index (χ2n) is 4.94. The molecule has 0 fully saturated rings. The smallest absolute Gasteiger partial charge is 0.272 e. The number of nitrogens with zero attached hydrogens (tertiary/aromatic N) is 3. The van der Waals surface area contributed by atoms with Gasteiger partial charge >= 0.3 is 0 Å². The van der Waals surface area contributed by atoms with E-state index >= 15 is 0 Å². The maximum absolute atomic E-state index is 12.4. The lowest BCUT2D eigenvalue weighted by atomic mass is 10.0. The molecule has 6 heteroatoms. The van der Waals surface area contributed by atoms with Gasteiger partial charge in [0.15, 0.2) is 5.84 Å². The van der Waals surface area contributed by atoms with Crippen LogP contribution in [0.15, 0.2) is 23.5 Å². The maximum atomic E-state index is 12.4. The Morgan fingerprint density at radius 2 is 2.05 bits per heavy atom. The lowest BCUT2D eigenvalue weighted by Gasteiger charge is -2.25. The third-order valence-corrected chi connectivity index (χ3v) is 3.69.